The number of aliphatic hydroxyl groups excluding tert-OH is 1. The minimum atomic E-state index is -0.771. The molecule has 1 amide bonds. The number of aromatic nitrogens is 2. The first-order chi connectivity index (χ1) is 8.13. The van der Waals surface area contributed by atoms with Gasteiger partial charge >= 0.3 is 6.01 Å². The number of nitrogens with zero attached hydrogens (tertiary/aromatic N) is 2. The summed E-state index contributed by atoms with van der Waals surface area (Å²) >= 11 is 0. The van der Waals surface area contributed by atoms with Crippen LogP contribution in [0.3, 0.4) is 0 Å². The topological polar surface area (TPSA) is 117 Å². The van der Waals surface area contributed by atoms with Crippen molar-refractivity contribution in [3.05, 3.63) is 5.56 Å². The van der Waals surface area contributed by atoms with Gasteiger partial charge in [-0.05, 0) is 0 Å². The molecule has 1 aromatic heterocycles. The zero-order valence-electron chi connectivity index (χ0n) is 9.47. The van der Waals surface area contributed by atoms with Crippen LogP contribution < -0.4 is 19.9 Å². The van der Waals surface area contributed by atoms with Gasteiger partial charge in [0.15, 0.2) is 5.56 Å². The predicted molar refractivity (Wildman–Crippen MR) is 56.2 cm³/mol. The summed E-state index contributed by atoms with van der Waals surface area (Å²) in [5.41, 5.74) is 5.09. The molecule has 1 rings (SSSR count). The summed E-state index contributed by atoms with van der Waals surface area (Å²) in [4.78, 5) is 18.8. The smallest absolute Gasteiger partial charge is 0.323 e. The lowest BCUT2D eigenvalue weighted by atomic mass is 10.3. The van der Waals surface area contributed by atoms with Gasteiger partial charge in [-0.25, -0.2) is 0 Å². The van der Waals surface area contributed by atoms with E-state index < -0.39 is 5.91 Å². The van der Waals surface area contributed by atoms with E-state index in [0.29, 0.717) is 0 Å². The van der Waals surface area contributed by atoms with Crippen molar-refractivity contribution in [3.63, 3.8) is 0 Å². The molecule has 0 bridgehead atoms. The van der Waals surface area contributed by atoms with Crippen molar-refractivity contribution in [3.8, 4) is 17.8 Å². The third-order valence-corrected chi connectivity index (χ3v) is 1.78. The molecule has 0 atom stereocenters. The minimum Gasteiger partial charge on any atom is -0.480 e. The number of hydrogen-bond acceptors (Lipinski definition) is 7. The molecule has 0 radical (unpaired) electrons. The van der Waals surface area contributed by atoms with E-state index in [1.807, 2.05) is 0 Å². The largest absolute Gasteiger partial charge is 0.480 e. The van der Waals surface area contributed by atoms with Gasteiger partial charge in [-0.3, -0.25) is 4.79 Å². The number of carbonyl (C=O) groups is 1. The van der Waals surface area contributed by atoms with Gasteiger partial charge in [-0.2, -0.15) is 9.97 Å². The van der Waals surface area contributed by atoms with Crippen molar-refractivity contribution in [2.24, 2.45) is 5.73 Å². The normalized spacial score (nSPS) is 9.82. The Morgan fingerprint density at radius 1 is 1.29 bits per heavy atom. The maximum Gasteiger partial charge on any atom is 0.323 e. The molecule has 8 heteroatoms. The molecule has 3 N–H and O–H groups in total. The number of aliphatic hydroxyl groups is 1. The van der Waals surface area contributed by atoms with E-state index in [2.05, 4.69) is 9.97 Å². The standard InChI is InChI=1S/C9H13N3O5/c1-15-7-5(6(10)14)8(16-2)12-9(11-7)17-4-3-13/h13H,3-4H2,1-2H3,(H2,10,14). The highest BCUT2D eigenvalue weighted by molar-refractivity contribution is 5.97. The average molecular weight is 243 g/mol. The van der Waals surface area contributed by atoms with Gasteiger partial charge in [0.25, 0.3) is 5.91 Å². The van der Waals surface area contributed by atoms with Crippen molar-refractivity contribution < 1.29 is 24.1 Å². The molecule has 94 valence electrons. The molecule has 0 unspecified atom stereocenters. The molecule has 0 aliphatic heterocycles. The first-order valence-electron chi connectivity index (χ1n) is 4.67. The molecule has 0 saturated carbocycles. The molecule has 0 aliphatic carbocycles. The summed E-state index contributed by atoms with van der Waals surface area (Å²) in [6.45, 7) is -0.173. The van der Waals surface area contributed by atoms with Crippen molar-refractivity contribution in [1.82, 2.24) is 9.97 Å². The maximum absolute atomic E-state index is 11.2. The highest BCUT2D eigenvalue weighted by atomic mass is 16.5. The average Bonchev–Trinajstić information content (AvgIpc) is 2.34. The van der Waals surface area contributed by atoms with Gasteiger partial charge < -0.3 is 25.1 Å². The van der Waals surface area contributed by atoms with Gasteiger partial charge in [0.05, 0.1) is 20.8 Å². The SMILES string of the molecule is COc1nc(OCCO)nc(OC)c1C(N)=O. The van der Waals surface area contributed by atoms with Crippen LogP contribution in [0.25, 0.3) is 0 Å². The van der Waals surface area contributed by atoms with Gasteiger partial charge in [0.1, 0.15) is 6.61 Å². The number of hydrogen-bond donors (Lipinski definition) is 2. The highest BCUT2D eigenvalue weighted by Crippen LogP contribution is 2.26. The van der Waals surface area contributed by atoms with Crippen LogP contribution in [0.5, 0.6) is 17.8 Å². The Balaban J connectivity index is 3.19. The molecule has 1 aromatic rings. The molecule has 0 spiro atoms. The van der Waals surface area contributed by atoms with Crippen LogP contribution in [0.4, 0.5) is 0 Å². The minimum absolute atomic E-state index is 0.0161. The van der Waals surface area contributed by atoms with Crippen molar-refractivity contribution in [2.75, 3.05) is 27.4 Å². The zero-order valence-corrected chi connectivity index (χ0v) is 9.47. The Hall–Kier alpha value is -2.09. The van der Waals surface area contributed by atoms with Gasteiger partial charge in [-0.1, -0.05) is 0 Å². The molecule has 0 saturated heterocycles. The van der Waals surface area contributed by atoms with Gasteiger partial charge in [-0.15, -0.1) is 0 Å². The van der Waals surface area contributed by atoms with Crippen LogP contribution in [0.1, 0.15) is 10.4 Å². The molecule has 0 aromatic carbocycles. The number of primary amides is 1. The summed E-state index contributed by atoms with van der Waals surface area (Å²) < 4.78 is 14.8. The quantitative estimate of drug-likeness (QED) is 0.655. The lowest BCUT2D eigenvalue weighted by molar-refractivity contribution is 0.0991. The third kappa shape index (κ3) is 2.94. The second-order valence-corrected chi connectivity index (χ2v) is 2.84. The van der Waals surface area contributed by atoms with Crippen LogP contribution >= 0.6 is 0 Å². The Kier molecular flexibility index (Phi) is 4.46. The van der Waals surface area contributed by atoms with Crippen LogP contribution in [-0.2, 0) is 0 Å². The van der Waals surface area contributed by atoms with E-state index in [1.165, 1.54) is 14.2 Å². The molecular weight excluding hydrogens is 230 g/mol. The first kappa shape index (κ1) is 13.0. The lowest BCUT2D eigenvalue weighted by Crippen LogP contribution is -2.17. The number of amides is 1. The highest BCUT2D eigenvalue weighted by Gasteiger charge is 2.21. The fourth-order valence-electron chi connectivity index (χ4n) is 1.11. The number of methoxy groups -OCH3 is 2. The second kappa shape index (κ2) is 5.85. The monoisotopic (exact) mass is 243 g/mol. The van der Waals surface area contributed by atoms with Gasteiger partial charge in [0, 0.05) is 0 Å². The summed E-state index contributed by atoms with van der Waals surface area (Å²) in [7, 11) is 2.65. The fourth-order valence-corrected chi connectivity index (χ4v) is 1.11. The Morgan fingerprint density at radius 3 is 2.18 bits per heavy atom. The lowest BCUT2D eigenvalue weighted by Gasteiger charge is -2.10. The molecule has 0 aliphatic rings. The van der Waals surface area contributed by atoms with Crippen LogP contribution in [-0.4, -0.2) is 48.4 Å². The maximum atomic E-state index is 11.2. The fraction of sp³-hybridized carbons (Fsp3) is 0.444. The van der Waals surface area contributed by atoms with Crippen molar-refractivity contribution in [1.29, 1.82) is 0 Å². The Bertz CT molecular complexity index is 385. The van der Waals surface area contributed by atoms with Crippen molar-refractivity contribution >= 4 is 5.91 Å². The molecule has 1 heterocycles. The number of nitrogens with two attached hydrogens (primary N) is 1. The van der Waals surface area contributed by atoms with Crippen LogP contribution in [0, 0.1) is 0 Å². The van der Waals surface area contributed by atoms with E-state index in [1.54, 1.807) is 0 Å². The first-order valence-corrected chi connectivity index (χ1v) is 4.67. The van der Waals surface area contributed by atoms with E-state index in [9.17, 15) is 4.79 Å². The van der Waals surface area contributed by atoms with E-state index in [-0.39, 0.29) is 36.5 Å². The molecule has 17 heavy (non-hydrogen) atoms. The summed E-state index contributed by atoms with van der Waals surface area (Å²) in [6.07, 6.45) is 0. The summed E-state index contributed by atoms with van der Waals surface area (Å²) in [5.74, 6) is -0.859. The molecule has 0 fully saturated rings. The molecule has 8 nitrogen and oxygen atoms in total. The number of carbonyl (C=O) groups excluding carboxylic acids is 1. The van der Waals surface area contributed by atoms with E-state index in [4.69, 9.17) is 25.1 Å². The van der Waals surface area contributed by atoms with E-state index in [0.717, 1.165) is 0 Å². The van der Waals surface area contributed by atoms with Crippen LogP contribution in [0.2, 0.25) is 0 Å². The predicted octanol–water partition coefficient (Wildman–Crippen LogP) is -1.04. The third-order valence-electron chi connectivity index (χ3n) is 1.78. The summed E-state index contributed by atoms with van der Waals surface area (Å²) in [6, 6.07) is -0.0715. The van der Waals surface area contributed by atoms with E-state index >= 15 is 0 Å². The second-order valence-electron chi connectivity index (χ2n) is 2.84. The Labute approximate surface area is 97.3 Å². The molecular formula is C9H13N3O5. The van der Waals surface area contributed by atoms with Crippen LogP contribution in [0.15, 0.2) is 0 Å². The summed E-state index contributed by atoms with van der Waals surface area (Å²) in [5, 5.41) is 8.61. The van der Waals surface area contributed by atoms with Gasteiger partial charge in [0.2, 0.25) is 11.8 Å². The zero-order chi connectivity index (χ0) is 12.8. The Morgan fingerprint density at radius 2 is 1.82 bits per heavy atom. The number of ether oxygens (including phenoxy) is 3. The number of rotatable bonds is 6. The van der Waals surface area contributed by atoms with Crippen molar-refractivity contribution in [2.45, 2.75) is 0 Å².